The van der Waals surface area contributed by atoms with Gasteiger partial charge in [0, 0.05) is 28.9 Å². The Kier molecular flexibility index (Phi) is 1.74. The fourth-order valence-corrected chi connectivity index (χ4v) is 1.97. The van der Waals surface area contributed by atoms with Crippen LogP contribution in [0.3, 0.4) is 0 Å². The van der Waals surface area contributed by atoms with E-state index in [1.54, 1.807) is 0 Å². The van der Waals surface area contributed by atoms with Crippen molar-refractivity contribution < 1.29 is 4.98 Å². The highest BCUT2D eigenvalue weighted by atomic mass is 14.7. The molecular weight excluding hydrogens is 198 g/mol. The van der Waals surface area contributed by atoms with Crippen molar-refractivity contribution in [1.29, 1.82) is 0 Å². The molecule has 0 aliphatic rings. The van der Waals surface area contributed by atoms with Gasteiger partial charge in [-0.3, -0.25) is 0 Å². The van der Waals surface area contributed by atoms with Crippen molar-refractivity contribution in [1.82, 2.24) is 0 Å². The van der Waals surface area contributed by atoms with Gasteiger partial charge in [0.15, 0.2) is 0 Å². The maximum Gasteiger partial charge on any atom is 0.213 e. The summed E-state index contributed by atoms with van der Waals surface area (Å²) in [4.78, 5) is 3.34. The number of nitrogen functional groups attached to an aromatic ring is 2. The minimum atomic E-state index is 0.759. The number of aromatic nitrogens is 1. The van der Waals surface area contributed by atoms with E-state index >= 15 is 0 Å². The molecule has 2 aromatic carbocycles. The van der Waals surface area contributed by atoms with E-state index in [1.807, 2.05) is 36.4 Å². The molecule has 0 saturated carbocycles. The fourth-order valence-electron chi connectivity index (χ4n) is 1.97. The van der Waals surface area contributed by atoms with Crippen LogP contribution in [0.4, 0.5) is 11.4 Å². The average molecular weight is 210 g/mol. The summed E-state index contributed by atoms with van der Waals surface area (Å²) in [7, 11) is 0. The van der Waals surface area contributed by atoms with Crippen LogP contribution < -0.4 is 16.5 Å². The van der Waals surface area contributed by atoms with Crippen molar-refractivity contribution in [3.8, 4) is 0 Å². The Hall–Kier alpha value is -2.29. The molecule has 0 saturated heterocycles. The highest BCUT2D eigenvalue weighted by molar-refractivity contribution is 5.95. The van der Waals surface area contributed by atoms with Crippen LogP contribution >= 0.6 is 0 Å². The van der Waals surface area contributed by atoms with Gasteiger partial charge >= 0.3 is 0 Å². The molecule has 0 radical (unpaired) electrons. The third kappa shape index (κ3) is 1.26. The summed E-state index contributed by atoms with van der Waals surface area (Å²) in [6.07, 6.45) is 0. The second kappa shape index (κ2) is 3.10. The molecule has 3 rings (SSSR count). The number of nitrogens with one attached hydrogen (secondary N) is 1. The van der Waals surface area contributed by atoms with Crippen molar-refractivity contribution in [2.45, 2.75) is 0 Å². The van der Waals surface area contributed by atoms with E-state index in [-0.39, 0.29) is 0 Å². The average Bonchev–Trinajstić information content (AvgIpc) is 2.28. The molecule has 5 N–H and O–H groups in total. The molecule has 3 aromatic rings. The van der Waals surface area contributed by atoms with E-state index in [0.717, 1.165) is 33.2 Å². The topological polar surface area (TPSA) is 66.2 Å². The summed E-state index contributed by atoms with van der Waals surface area (Å²) in [6, 6.07) is 13.7. The predicted octanol–water partition coefficient (Wildman–Crippen LogP) is 1.97. The molecule has 0 aliphatic carbocycles. The van der Waals surface area contributed by atoms with Crippen molar-refractivity contribution in [3.05, 3.63) is 42.5 Å². The number of H-pyrrole nitrogens is 1. The van der Waals surface area contributed by atoms with Crippen LogP contribution in [0.2, 0.25) is 0 Å². The Morgan fingerprint density at radius 1 is 0.875 bits per heavy atom. The van der Waals surface area contributed by atoms with Gasteiger partial charge in [-0.1, -0.05) is 6.07 Å². The van der Waals surface area contributed by atoms with Crippen molar-refractivity contribution in [2.75, 3.05) is 11.5 Å². The number of aromatic amines is 1. The Bertz CT molecular complexity index is 689. The molecule has 3 heteroatoms. The first-order chi connectivity index (χ1) is 7.74. The van der Waals surface area contributed by atoms with E-state index in [1.165, 1.54) is 0 Å². The van der Waals surface area contributed by atoms with Gasteiger partial charge in [0.25, 0.3) is 0 Å². The number of nitrogens with two attached hydrogens (primary N) is 2. The first-order valence-electron chi connectivity index (χ1n) is 5.14. The van der Waals surface area contributed by atoms with Crippen LogP contribution in [0.25, 0.3) is 21.8 Å². The summed E-state index contributed by atoms with van der Waals surface area (Å²) >= 11 is 0. The molecule has 0 bridgehead atoms. The van der Waals surface area contributed by atoms with Crippen LogP contribution in [0.5, 0.6) is 0 Å². The summed E-state index contributed by atoms with van der Waals surface area (Å²) < 4.78 is 0. The number of hydrogen-bond donors (Lipinski definition) is 2. The Labute approximate surface area is 92.7 Å². The number of pyridine rings is 1. The molecule has 1 aromatic heterocycles. The van der Waals surface area contributed by atoms with Gasteiger partial charge in [-0.25, -0.2) is 4.98 Å². The molecule has 0 amide bonds. The molecule has 0 spiro atoms. The molecular formula is C13H12N3+. The highest BCUT2D eigenvalue weighted by Gasteiger charge is 2.07. The number of rotatable bonds is 0. The quantitative estimate of drug-likeness (QED) is 0.440. The molecule has 0 atom stereocenters. The molecule has 1 heterocycles. The van der Waals surface area contributed by atoms with Gasteiger partial charge in [-0.15, -0.1) is 0 Å². The molecule has 16 heavy (non-hydrogen) atoms. The first-order valence-corrected chi connectivity index (χ1v) is 5.14. The lowest BCUT2D eigenvalue weighted by molar-refractivity contribution is -0.310. The molecule has 78 valence electrons. The zero-order valence-corrected chi connectivity index (χ0v) is 8.70. The normalized spacial score (nSPS) is 11.0. The molecule has 0 unspecified atom stereocenters. The Morgan fingerprint density at radius 2 is 1.75 bits per heavy atom. The summed E-state index contributed by atoms with van der Waals surface area (Å²) in [6.45, 7) is 0. The van der Waals surface area contributed by atoms with Gasteiger partial charge in [0.05, 0.1) is 5.39 Å². The van der Waals surface area contributed by atoms with Gasteiger partial charge in [0.1, 0.15) is 0 Å². The van der Waals surface area contributed by atoms with Gasteiger partial charge < -0.3 is 11.5 Å². The summed E-state index contributed by atoms with van der Waals surface area (Å²) in [5.41, 5.74) is 15.3. The predicted molar refractivity (Wildman–Crippen MR) is 66.8 cm³/mol. The molecule has 3 nitrogen and oxygen atoms in total. The van der Waals surface area contributed by atoms with E-state index < -0.39 is 0 Å². The molecule has 0 fully saturated rings. The van der Waals surface area contributed by atoms with Crippen LogP contribution in [-0.2, 0) is 0 Å². The summed E-state index contributed by atoms with van der Waals surface area (Å²) in [5, 5.41) is 2.10. The summed E-state index contributed by atoms with van der Waals surface area (Å²) in [5.74, 6) is 0. The van der Waals surface area contributed by atoms with Crippen molar-refractivity contribution in [2.24, 2.45) is 0 Å². The largest absolute Gasteiger partial charge is 0.399 e. The van der Waals surface area contributed by atoms with Crippen molar-refractivity contribution >= 4 is 33.2 Å². The maximum absolute atomic E-state index is 5.93. The number of benzene rings is 2. The lowest BCUT2D eigenvalue weighted by Crippen LogP contribution is -2.06. The van der Waals surface area contributed by atoms with Crippen LogP contribution in [0.1, 0.15) is 0 Å². The third-order valence-corrected chi connectivity index (χ3v) is 2.78. The van der Waals surface area contributed by atoms with E-state index in [2.05, 4.69) is 11.1 Å². The maximum atomic E-state index is 5.93. The van der Waals surface area contributed by atoms with E-state index in [9.17, 15) is 0 Å². The van der Waals surface area contributed by atoms with Crippen LogP contribution in [0.15, 0.2) is 42.5 Å². The number of fused-ring (bicyclic) bond motifs is 2. The molecule has 0 aliphatic heterocycles. The number of anilines is 2. The second-order valence-corrected chi connectivity index (χ2v) is 3.92. The second-order valence-electron chi connectivity index (χ2n) is 3.92. The minimum Gasteiger partial charge on any atom is -0.399 e. The highest BCUT2D eigenvalue weighted by Crippen LogP contribution is 2.22. The third-order valence-electron chi connectivity index (χ3n) is 2.78. The Morgan fingerprint density at radius 3 is 2.62 bits per heavy atom. The van der Waals surface area contributed by atoms with Gasteiger partial charge in [-0.2, -0.15) is 0 Å². The number of hydrogen-bond acceptors (Lipinski definition) is 2. The minimum absolute atomic E-state index is 0.759. The smallest absolute Gasteiger partial charge is 0.213 e. The Balaban J connectivity index is 2.49. The van der Waals surface area contributed by atoms with E-state index in [0.29, 0.717) is 0 Å². The van der Waals surface area contributed by atoms with Crippen molar-refractivity contribution in [3.63, 3.8) is 0 Å². The first kappa shape index (κ1) is 8.97. The monoisotopic (exact) mass is 210 g/mol. The van der Waals surface area contributed by atoms with Crippen LogP contribution in [-0.4, -0.2) is 0 Å². The zero-order chi connectivity index (χ0) is 11.1. The standard InChI is InChI=1S/C13H11N3/c14-9-4-5-12-8(6-9)7-10-11(15)2-1-3-13(10)16-12/h1-7H,14-15H2/p+1. The van der Waals surface area contributed by atoms with E-state index in [4.69, 9.17) is 11.5 Å². The van der Waals surface area contributed by atoms with Gasteiger partial charge in [-0.05, 0) is 24.3 Å². The zero-order valence-electron chi connectivity index (χ0n) is 8.70. The lowest BCUT2D eigenvalue weighted by Gasteiger charge is -2.00. The SMILES string of the molecule is Nc1ccc2[nH+]c3cccc(N)c3cc2c1. The lowest BCUT2D eigenvalue weighted by atomic mass is 10.1. The van der Waals surface area contributed by atoms with Gasteiger partial charge in [0.2, 0.25) is 11.0 Å². The fraction of sp³-hybridized carbons (Fsp3) is 0. The van der Waals surface area contributed by atoms with Crippen LogP contribution in [0, 0.1) is 0 Å².